The van der Waals surface area contributed by atoms with Gasteiger partial charge in [-0.3, -0.25) is 0 Å². The van der Waals surface area contributed by atoms with Gasteiger partial charge in [-0.05, 0) is 42.0 Å². The minimum absolute atomic E-state index is 0.463. The summed E-state index contributed by atoms with van der Waals surface area (Å²) < 4.78 is 5.62. The number of hydrogen-bond donors (Lipinski definition) is 0. The molecule has 0 atom stereocenters. The lowest BCUT2D eigenvalue weighted by atomic mass is 10.2. The molecule has 2 aromatic carbocycles. The molecule has 0 fully saturated rings. The van der Waals surface area contributed by atoms with Gasteiger partial charge in [0.1, 0.15) is 0 Å². The molecule has 0 aliphatic heterocycles. The van der Waals surface area contributed by atoms with Crippen LogP contribution in [0, 0.1) is 11.3 Å². The van der Waals surface area contributed by atoms with Gasteiger partial charge in [0.05, 0.1) is 11.6 Å². The molecule has 0 unspecified atom stereocenters. The lowest BCUT2D eigenvalue weighted by Crippen LogP contribution is -1.82. The van der Waals surface area contributed by atoms with Crippen molar-refractivity contribution in [3.05, 3.63) is 64.7 Å². The van der Waals surface area contributed by atoms with E-state index in [4.69, 9.17) is 21.3 Å². The van der Waals surface area contributed by atoms with Gasteiger partial charge in [0.15, 0.2) is 0 Å². The summed E-state index contributed by atoms with van der Waals surface area (Å²) in [6.45, 7) is 0. The molecule has 0 radical (unpaired) electrons. The second-order valence-corrected chi connectivity index (χ2v) is 5.84. The second kappa shape index (κ2) is 6.65. The van der Waals surface area contributed by atoms with Crippen LogP contribution in [0.5, 0.6) is 0 Å². The summed E-state index contributed by atoms with van der Waals surface area (Å²) in [6.07, 6.45) is 0. The van der Waals surface area contributed by atoms with Crippen molar-refractivity contribution in [2.75, 3.05) is 0 Å². The van der Waals surface area contributed by atoms with E-state index in [1.165, 1.54) is 11.8 Å². The standard InChI is InChI=1S/C16H10ClN3OS/c17-14-6-4-13(5-7-14)15-19-20-16(21-15)22-10-12-3-1-2-11(8-12)9-18/h1-8H,10H2. The van der Waals surface area contributed by atoms with E-state index in [1.54, 1.807) is 18.2 Å². The van der Waals surface area contributed by atoms with Crippen LogP contribution in [0.15, 0.2) is 58.2 Å². The minimum atomic E-state index is 0.463. The number of thioether (sulfide) groups is 1. The van der Waals surface area contributed by atoms with Crippen molar-refractivity contribution in [1.29, 1.82) is 5.26 Å². The zero-order valence-corrected chi connectivity index (χ0v) is 12.9. The van der Waals surface area contributed by atoms with E-state index in [-0.39, 0.29) is 0 Å². The molecule has 0 bridgehead atoms. The van der Waals surface area contributed by atoms with Gasteiger partial charge in [0.25, 0.3) is 5.22 Å². The van der Waals surface area contributed by atoms with Crippen LogP contribution in [0.3, 0.4) is 0 Å². The summed E-state index contributed by atoms with van der Waals surface area (Å²) >= 11 is 7.29. The zero-order valence-electron chi connectivity index (χ0n) is 11.4. The van der Waals surface area contributed by atoms with Crippen LogP contribution in [0.25, 0.3) is 11.5 Å². The van der Waals surface area contributed by atoms with E-state index in [0.29, 0.717) is 27.5 Å². The molecule has 1 aromatic heterocycles. The Bertz CT molecular complexity index is 824. The normalized spacial score (nSPS) is 10.4. The molecule has 0 aliphatic carbocycles. The van der Waals surface area contributed by atoms with E-state index >= 15 is 0 Å². The molecule has 3 aromatic rings. The third kappa shape index (κ3) is 3.48. The van der Waals surface area contributed by atoms with Gasteiger partial charge < -0.3 is 4.42 Å². The summed E-state index contributed by atoms with van der Waals surface area (Å²) in [7, 11) is 0. The summed E-state index contributed by atoms with van der Waals surface area (Å²) in [5.41, 5.74) is 2.51. The average Bonchev–Trinajstić information content (AvgIpc) is 3.03. The molecular formula is C16H10ClN3OS. The van der Waals surface area contributed by atoms with Crippen molar-refractivity contribution in [3.63, 3.8) is 0 Å². The molecule has 0 spiro atoms. The lowest BCUT2D eigenvalue weighted by molar-refractivity contribution is 0.466. The summed E-state index contributed by atoms with van der Waals surface area (Å²) in [5.74, 6) is 1.13. The first-order chi connectivity index (χ1) is 10.7. The fraction of sp³-hybridized carbons (Fsp3) is 0.0625. The Balaban J connectivity index is 1.69. The number of halogens is 1. The topological polar surface area (TPSA) is 62.7 Å². The molecule has 1 heterocycles. The first-order valence-electron chi connectivity index (χ1n) is 6.46. The predicted molar refractivity (Wildman–Crippen MR) is 85.5 cm³/mol. The molecule has 0 aliphatic rings. The Morgan fingerprint density at radius 3 is 2.73 bits per heavy atom. The highest BCUT2D eigenvalue weighted by atomic mass is 35.5. The number of nitriles is 1. The Kier molecular flexibility index (Phi) is 4.42. The van der Waals surface area contributed by atoms with E-state index in [1.807, 2.05) is 30.3 Å². The van der Waals surface area contributed by atoms with Crippen LogP contribution in [-0.2, 0) is 5.75 Å². The number of benzene rings is 2. The highest BCUT2D eigenvalue weighted by Gasteiger charge is 2.09. The number of hydrogen-bond acceptors (Lipinski definition) is 5. The third-order valence-electron chi connectivity index (χ3n) is 2.92. The molecule has 3 rings (SSSR count). The first-order valence-corrected chi connectivity index (χ1v) is 7.82. The number of aromatic nitrogens is 2. The SMILES string of the molecule is N#Cc1cccc(CSc2nnc(-c3ccc(Cl)cc3)o2)c1. The summed E-state index contributed by atoms with van der Waals surface area (Å²) in [6, 6.07) is 16.8. The van der Waals surface area contributed by atoms with Gasteiger partial charge in [0.2, 0.25) is 5.89 Å². The van der Waals surface area contributed by atoms with Crippen LogP contribution in [0.1, 0.15) is 11.1 Å². The summed E-state index contributed by atoms with van der Waals surface area (Å²) in [5, 5.41) is 18.1. The monoisotopic (exact) mass is 327 g/mol. The van der Waals surface area contributed by atoms with Crippen molar-refractivity contribution < 1.29 is 4.42 Å². The fourth-order valence-electron chi connectivity index (χ4n) is 1.85. The highest BCUT2D eigenvalue weighted by molar-refractivity contribution is 7.98. The van der Waals surface area contributed by atoms with Gasteiger partial charge in [0, 0.05) is 16.3 Å². The minimum Gasteiger partial charge on any atom is -0.411 e. The van der Waals surface area contributed by atoms with E-state index < -0.39 is 0 Å². The second-order valence-electron chi connectivity index (χ2n) is 4.48. The van der Waals surface area contributed by atoms with Crippen molar-refractivity contribution in [1.82, 2.24) is 10.2 Å². The van der Waals surface area contributed by atoms with Crippen LogP contribution in [0.2, 0.25) is 5.02 Å². The molecular weight excluding hydrogens is 318 g/mol. The van der Waals surface area contributed by atoms with Gasteiger partial charge in [-0.25, -0.2) is 0 Å². The Labute approximate surface area is 136 Å². The Morgan fingerprint density at radius 1 is 1.14 bits per heavy atom. The van der Waals surface area contributed by atoms with E-state index in [9.17, 15) is 0 Å². The average molecular weight is 328 g/mol. The van der Waals surface area contributed by atoms with Gasteiger partial charge in [-0.15, -0.1) is 10.2 Å². The fourth-order valence-corrected chi connectivity index (χ4v) is 2.69. The maximum absolute atomic E-state index is 8.89. The molecule has 0 saturated heterocycles. The van der Waals surface area contributed by atoms with Gasteiger partial charge in [-0.2, -0.15) is 5.26 Å². The molecule has 108 valence electrons. The first kappa shape index (κ1) is 14.6. The lowest BCUT2D eigenvalue weighted by Gasteiger charge is -1.98. The van der Waals surface area contributed by atoms with E-state index in [2.05, 4.69) is 16.3 Å². The van der Waals surface area contributed by atoms with Crippen molar-refractivity contribution in [2.24, 2.45) is 0 Å². The van der Waals surface area contributed by atoms with Crippen molar-refractivity contribution in [3.8, 4) is 17.5 Å². The molecule has 22 heavy (non-hydrogen) atoms. The van der Waals surface area contributed by atoms with Gasteiger partial charge in [-0.1, -0.05) is 35.5 Å². The van der Waals surface area contributed by atoms with E-state index in [0.717, 1.165) is 11.1 Å². The van der Waals surface area contributed by atoms with Crippen LogP contribution < -0.4 is 0 Å². The molecule has 4 nitrogen and oxygen atoms in total. The largest absolute Gasteiger partial charge is 0.411 e. The zero-order chi connectivity index (χ0) is 15.4. The van der Waals surface area contributed by atoms with Crippen LogP contribution in [-0.4, -0.2) is 10.2 Å². The smallest absolute Gasteiger partial charge is 0.277 e. The quantitative estimate of drug-likeness (QED) is 0.657. The predicted octanol–water partition coefficient (Wildman–Crippen LogP) is 4.55. The summed E-state index contributed by atoms with van der Waals surface area (Å²) in [4.78, 5) is 0. The van der Waals surface area contributed by atoms with Crippen molar-refractivity contribution >= 4 is 23.4 Å². The Hall–Kier alpha value is -2.29. The Morgan fingerprint density at radius 2 is 1.95 bits per heavy atom. The highest BCUT2D eigenvalue weighted by Crippen LogP contribution is 2.26. The number of nitrogens with zero attached hydrogens (tertiary/aromatic N) is 3. The molecule has 6 heteroatoms. The molecule has 0 amide bonds. The number of rotatable bonds is 4. The maximum atomic E-state index is 8.89. The van der Waals surface area contributed by atoms with Gasteiger partial charge >= 0.3 is 0 Å². The maximum Gasteiger partial charge on any atom is 0.277 e. The molecule has 0 saturated carbocycles. The van der Waals surface area contributed by atoms with Crippen LogP contribution >= 0.6 is 23.4 Å². The van der Waals surface area contributed by atoms with Crippen molar-refractivity contribution in [2.45, 2.75) is 11.0 Å². The van der Waals surface area contributed by atoms with Crippen LogP contribution in [0.4, 0.5) is 0 Å². The molecule has 0 N–H and O–H groups in total. The third-order valence-corrected chi connectivity index (χ3v) is 4.06.